The van der Waals surface area contributed by atoms with E-state index in [2.05, 4.69) is 20.3 Å². The third-order valence-corrected chi connectivity index (χ3v) is 4.90. The van der Waals surface area contributed by atoms with Gasteiger partial charge in [0.2, 0.25) is 10.0 Å². The topological polar surface area (TPSA) is 82.6 Å². The average Bonchev–Trinajstić information content (AvgIpc) is 2.45. The van der Waals surface area contributed by atoms with E-state index in [-0.39, 0.29) is 36.6 Å². The van der Waals surface area contributed by atoms with Crippen LogP contribution in [0, 0.1) is 0 Å². The van der Waals surface area contributed by atoms with E-state index >= 15 is 0 Å². The van der Waals surface area contributed by atoms with Crippen LogP contribution in [0.1, 0.15) is 39.3 Å². The molecule has 0 fully saturated rings. The van der Waals surface area contributed by atoms with Crippen molar-refractivity contribution in [3.63, 3.8) is 0 Å². The van der Waals surface area contributed by atoms with Gasteiger partial charge in [-0.15, -0.1) is 24.0 Å². The summed E-state index contributed by atoms with van der Waals surface area (Å²) in [5.41, 5.74) is 0.275. The highest BCUT2D eigenvalue weighted by molar-refractivity contribution is 14.0. The highest BCUT2D eigenvalue weighted by Gasteiger charge is 2.22. The first kappa shape index (κ1) is 25.7. The smallest absolute Gasteiger partial charge is 0.209 e. The molecule has 0 bridgehead atoms. The van der Waals surface area contributed by atoms with Crippen LogP contribution in [0.5, 0.6) is 0 Å². The second kappa shape index (κ2) is 10.9. The fourth-order valence-electron chi connectivity index (χ4n) is 2.20. The Morgan fingerprint density at radius 2 is 1.88 bits per heavy atom. The molecule has 1 atom stereocenters. The molecule has 0 aliphatic heterocycles. The van der Waals surface area contributed by atoms with Crippen LogP contribution < -0.4 is 15.4 Å². The molecule has 0 heterocycles. The second-order valence-corrected chi connectivity index (χ2v) is 9.06. The lowest BCUT2D eigenvalue weighted by atomic mass is 10.1. The van der Waals surface area contributed by atoms with E-state index in [9.17, 15) is 8.42 Å². The van der Waals surface area contributed by atoms with Gasteiger partial charge < -0.3 is 10.6 Å². The maximum absolute atomic E-state index is 11.4. The average molecular weight is 537 g/mol. The number of nitrogens with zero attached hydrogens (tertiary/aromatic N) is 1. The van der Waals surface area contributed by atoms with Crippen molar-refractivity contribution >= 4 is 63.2 Å². The third kappa shape index (κ3) is 9.59. The van der Waals surface area contributed by atoms with Gasteiger partial charge >= 0.3 is 0 Å². The Morgan fingerprint density at radius 1 is 1.27 bits per heavy atom. The predicted molar refractivity (Wildman–Crippen MR) is 121 cm³/mol. The van der Waals surface area contributed by atoms with E-state index < -0.39 is 15.6 Å². The summed E-state index contributed by atoms with van der Waals surface area (Å²) in [6, 6.07) is 5.39. The van der Waals surface area contributed by atoms with Crippen molar-refractivity contribution in [2.24, 2.45) is 4.99 Å². The van der Waals surface area contributed by atoms with Gasteiger partial charge in [-0.25, -0.2) is 13.1 Å². The Balaban J connectivity index is 0.00000625. The Morgan fingerprint density at radius 3 is 2.38 bits per heavy atom. The van der Waals surface area contributed by atoms with Crippen molar-refractivity contribution in [1.29, 1.82) is 0 Å². The Hall–Kier alpha value is -0.290. The molecule has 26 heavy (non-hydrogen) atoms. The molecule has 0 aliphatic carbocycles. The summed E-state index contributed by atoms with van der Waals surface area (Å²) in [4.78, 5) is 4.48. The zero-order valence-corrected chi connectivity index (χ0v) is 20.2. The largest absolute Gasteiger partial charge is 0.357 e. The maximum Gasteiger partial charge on any atom is 0.209 e. The minimum absolute atomic E-state index is 0. The molecular formula is C16H27Cl2IN4O2S. The first-order valence-electron chi connectivity index (χ1n) is 7.92. The van der Waals surface area contributed by atoms with Crippen LogP contribution in [0.3, 0.4) is 0 Å². The third-order valence-electron chi connectivity index (χ3n) is 3.24. The van der Waals surface area contributed by atoms with Crippen LogP contribution in [0.4, 0.5) is 0 Å². The van der Waals surface area contributed by atoms with Crippen LogP contribution in [-0.2, 0) is 10.0 Å². The second-order valence-electron chi connectivity index (χ2n) is 6.49. The van der Waals surface area contributed by atoms with Gasteiger partial charge in [0.1, 0.15) is 0 Å². The van der Waals surface area contributed by atoms with E-state index in [1.54, 1.807) is 26.0 Å². The number of halogens is 3. The summed E-state index contributed by atoms with van der Waals surface area (Å²) < 4.78 is 25.4. The highest BCUT2D eigenvalue weighted by atomic mass is 127. The molecule has 1 aromatic carbocycles. The molecule has 0 aliphatic rings. The summed E-state index contributed by atoms with van der Waals surface area (Å²) >= 11 is 12.0. The quantitative estimate of drug-likeness (QED) is 0.283. The summed E-state index contributed by atoms with van der Waals surface area (Å²) in [6.07, 6.45) is 1.13. The Bertz CT molecular complexity index is 727. The van der Waals surface area contributed by atoms with Gasteiger partial charge in [-0.2, -0.15) is 0 Å². The number of sulfonamides is 1. The summed E-state index contributed by atoms with van der Waals surface area (Å²) in [5.74, 6) is 0.587. The van der Waals surface area contributed by atoms with Crippen LogP contribution in [0.25, 0.3) is 0 Å². The molecule has 1 rings (SSSR count). The summed E-state index contributed by atoms with van der Waals surface area (Å²) in [6.45, 7) is 8.46. The number of nitrogens with one attached hydrogen (secondary N) is 3. The molecule has 1 aromatic rings. The van der Waals surface area contributed by atoms with Crippen LogP contribution in [0.2, 0.25) is 10.0 Å². The summed E-state index contributed by atoms with van der Waals surface area (Å²) in [5, 5.41) is 7.42. The van der Waals surface area contributed by atoms with Crippen LogP contribution >= 0.6 is 47.2 Å². The van der Waals surface area contributed by atoms with E-state index in [4.69, 9.17) is 23.2 Å². The molecular weight excluding hydrogens is 510 g/mol. The van der Waals surface area contributed by atoms with E-state index in [1.165, 1.54) is 0 Å². The van der Waals surface area contributed by atoms with Gasteiger partial charge in [0.05, 0.1) is 28.9 Å². The molecule has 0 saturated carbocycles. The van der Waals surface area contributed by atoms with Crippen molar-refractivity contribution in [3.05, 3.63) is 33.8 Å². The first-order valence-corrected chi connectivity index (χ1v) is 10.6. The normalized spacial score (nSPS) is 13.7. The van der Waals surface area contributed by atoms with E-state index in [0.29, 0.717) is 22.5 Å². The zero-order valence-electron chi connectivity index (χ0n) is 15.6. The van der Waals surface area contributed by atoms with Gasteiger partial charge in [-0.3, -0.25) is 4.99 Å². The van der Waals surface area contributed by atoms with Crippen molar-refractivity contribution in [1.82, 2.24) is 15.4 Å². The van der Waals surface area contributed by atoms with Gasteiger partial charge in [0, 0.05) is 12.1 Å². The molecule has 0 aromatic heterocycles. The van der Waals surface area contributed by atoms with Crippen LogP contribution in [-0.4, -0.2) is 39.3 Å². The zero-order chi connectivity index (χ0) is 19.3. The Kier molecular flexibility index (Phi) is 10.8. The molecule has 0 amide bonds. The van der Waals surface area contributed by atoms with Crippen molar-refractivity contribution < 1.29 is 8.42 Å². The molecule has 0 saturated heterocycles. The number of rotatable bonds is 7. The van der Waals surface area contributed by atoms with Gasteiger partial charge in [0.15, 0.2) is 5.96 Å². The minimum Gasteiger partial charge on any atom is -0.357 e. The molecule has 6 nitrogen and oxygen atoms in total. The lowest BCUT2D eigenvalue weighted by molar-refractivity contribution is 0.464. The SMILES string of the molecule is CCNC(=NCC(C)(C)NS(C)(=O)=O)NC(C)c1ccc(Cl)c(Cl)c1.I. The lowest BCUT2D eigenvalue weighted by Crippen LogP contribution is -2.47. The number of benzene rings is 1. The number of hydrogen-bond donors (Lipinski definition) is 3. The van der Waals surface area contributed by atoms with Crippen molar-refractivity contribution in [2.75, 3.05) is 19.3 Å². The van der Waals surface area contributed by atoms with Crippen molar-refractivity contribution in [2.45, 2.75) is 39.3 Å². The predicted octanol–water partition coefficient (Wildman–Crippen LogP) is 3.56. The molecule has 150 valence electrons. The first-order chi connectivity index (χ1) is 11.4. The standard InChI is InChI=1S/C16H26Cl2N4O2S.HI/c1-6-19-15(20-10-16(3,4)22-25(5,23)24)21-11(2)12-7-8-13(17)14(18)9-12;/h7-9,11,22H,6,10H2,1-5H3,(H2,19,20,21);1H. The molecule has 0 radical (unpaired) electrons. The maximum atomic E-state index is 11.4. The number of aliphatic imine (C=N–C) groups is 1. The number of hydrogen-bond acceptors (Lipinski definition) is 3. The molecule has 10 heteroatoms. The fraction of sp³-hybridized carbons (Fsp3) is 0.562. The van der Waals surface area contributed by atoms with Crippen LogP contribution in [0.15, 0.2) is 23.2 Å². The highest BCUT2D eigenvalue weighted by Crippen LogP contribution is 2.25. The Labute approximate surface area is 183 Å². The van der Waals surface area contributed by atoms with Gasteiger partial charge in [-0.05, 0) is 45.4 Å². The summed E-state index contributed by atoms with van der Waals surface area (Å²) in [7, 11) is -3.30. The minimum atomic E-state index is -3.30. The molecule has 1 unspecified atom stereocenters. The fourth-order valence-corrected chi connectivity index (χ4v) is 3.58. The molecule has 0 spiro atoms. The molecule has 3 N–H and O–H groups in total. The van der Waals surface area contributed by atoms with Crippen molar-refractivity contribution in [3.8, 4) is 0 Å². The lowest BCUT2D eigenvalue weighted by Gasteiger charge is -2.24. The van der Waals surface area contributed by atoms with E-state index in [0.717, 1.165) is 11.8 Å². The van der Waals surface area contributed by atoms with Gasteiger partial charge in [0.25, 0.3) is 0 Å². The number of guanidine groups is 1. The van der Waals surface area contributed by atoms with Gasteiger partial charge in [-0.1, -0.05) is 29.3 Å². The monoisotopic (exact) mass is 536 g/mol. The van der Waals surface area contributed by atoms with E-state index in [1.807, 2.05) is 19.9 Å².